The zero-order chi connectivity index (χ0) is 10.7. The maximum atomic E-state index is 5.43. The number of thiocarbonyl (C=S) groups is 1. The van der Waals surface area contributed by atoms with Crippen LogP contribution in [-0.2, 0) is 9.47 Å². The predicted octanol–water partition coefficient (Wildman–Crippen LogP) is 0.964. The maximum absolute atomic E-state index is 5.43. The molecule has 0 aromatic heterocycles. The van der Waals surface area contributed by atoms with Gasteiger partial charge in [0, 0.05) is 18.3 Å². The van der Waals surface area contributed by atoms with Crippen molar-refractivity contribution in [1.29, 1.82) is 0 Å². The van der Waals surface area contributed by atoms with Crippen LogP contribution in [0.4, 0.5) is 0 Å². The van der Waals surface area contributed by atoms with Crippen LogP contribution in [0.1, 0.15) is 6.92 Å². The molecule has 6 atom stereocenters. The summed E-state index contributed by atoms with van der Waals surface area (Å²) in [6.45, 7) is 2.02. The number of ether oxygens (including phenoxy) is 2. The zero-order valence-electron chi connectivity index (χ0n) is 7.57. The predicted molar refractivity (Wildman–Crippen MR) is 75.3 cm³/mol. The minimum Gasteiger partial charge on any atom is -0.448 e. The summed E-state index contributed by atoms with van der Waals surface area (Å²) in [6, 6.07) is 0.168. The van der Waals surface area contributed by atoms with Crippen molar-refractivity contribution < 1.29 is 9.47 Å². The zero-order valence-corrected chi connectivity index (χ0v) is 12.9. The smallest absolute Gasteiger partial charge is 0.353 e. The molecule has 2 N–H and O–H groups in total. The third-order valence-electron chi connectivity index (χ3n) is 1.99. The molecule has 0 aromatic carbocycles. The molecular formula is C6H13IN2O2P2S. The lowest BCUT2D eigenvalue weighted by molar-refractivity contribution is 0.131. The maximum Gasteiger partial charge on any atom is 0.353 e. The van der Waals surface area contributed by atoms with Crippen LogP contribution in [0.2, 0.25) is 0 Å². The number of alkyl halides is 1. The summed E-state index contributed by atoms with van der Waals surface area (Å²) in [6.07, 6.45) is -0.126. The van der Waals surface area contributed by atoms with Crippen molar-refractivity contribution in [3.63, 3.8) is 0 Å². The minimum absolute atomic E-state index is 0.0602. The third-order valence-corrected chi connectivity index (χ3v) is 4.82. The monoisotopic (exact) mass is 366 g/mol. The summed E-state index contributed by atoms with van der Waals surface area (Å²) >= 11 is 7.14. The van der Waals surface area contributed by atoms with E-state index in [0.29, 0.717) is 0 Å². The SMILES string of the molecule is CC(NP)C1OC(=S)OC1C(I)NP. The Hall–Kier alpha value is 1.20. The van der Waals surface area contributed by atoms with E-state index in [0.717, 1.165) is 0 Å². The van der Waals surface area contributed by atoms with Crippen molar-refractivity contribution >= 4 is 58.8 Å². The highest BCUT2D eigenvalue weighted by atomic mass is 127. The van der Waals surface area contributed by atoms with Crippen LogP contribution in [0.25, 0.3) is 0 Å². The van der Waals surface area contributed by atoms with Gasteiger partial charge in [0.1, 0.15) is 4.05 Å². The minimum atomic E-state index is -0.0661. The molecule has 8 heteroatoms. The van der Waals surface area contributed by atoms with E-state index < -0.39 is 0 Å². The molecule has 0 radical (unpaired) electrons. The number of nitrogens with one attached hydrogen (secondary N) is 2. The van der Waals surface area contributed by atoms with E-state index in [1.165, 1.54) is 0 Å². The summed E-state index contributed by atoms with van der Waals surface area (Å²) in [5.41, 5.74) is 0. The van der Waals surface area contributed by atoms with E-state index >= 15 is 0 Å². The molecule has 1 aliphatic rings. The van der Waals surface area contributed by atoms with Crippen molar-refractivity contribution in [3.8, 4) is 0 Å². The van der Waals surface area contributed by atoms with Gasteiger partial charge in [-0.1, -0.05) is 41.4 Å². The Labute approximate surface area is 107 Å². The molecule has 0 spiro atoms. The summed E-state index contributed by atoms with van der Waals surface area (Å²) in [5.74, 6) is 0. The third kappa shape index (κ3) is 3.09. The second-order valence-electron chi connectivity index (χ2n) is 2.94. The number of hydrogen-bond acceptors (Lipinski definition) is 5. The van der Waals surface area contributed by atoms with Gasteiger partial charge in [-0.15, -0.1) is 0 Å². The number of rotatable bonds is 4. The highest BCUT2D eigenvalue weighted by Gasteiger charge is 2.41. The van der Waals surface area contributed by atoms with E-state index in [9.17, 15) is 0 Å². The Kier molecular flexibility index (Phi) is 5.75. The van der Waals surface area contributed by atoms with Crippen molar-refractivity contribution in [3.05, 3.63) is 0 Å². The summed E-state index contributed by atoms with van der Waals surface area (Å²) in [4.78, 5) is 0. The average Bonchev–Trinajstić information content (AvgIpc) is 2.58. The first kappa shape index (κ1) is 13.3. The normalized spacial score (nSPS) is 30.7. The molecule has 82 valence electrons. The Morgan fingerprint density at radius 3 is 2.43 bits per heavy atom. The van der Waals surface area contributed by atoms with Crippen LogP contribution in [0.15, 0.2) is 0 Å². The van der Waals surface area contributed by atoms with Gasteiger partial charge in [-0.25, -0.2) is 0 Å². The van der Waals surface area contributed by atoms with Crippen LogP contribution >= 0.6 is 53.6 Å². The standard InChI is InChI=1S/C6H13IN2O2P2S/c1-2(8-12)3-4(5(7)9-13)11-6(14)10-3/h2-5,8-9H,12-13H2,1H3. The Morgan fingerprint density at radius 2 is 1.93 bits per heavy atom. The van der Waals surface area contributed by atoms with Crippen molar-refractivity contribution in [2.75, 3.05) is 0 Å². The van der Waals surface area contributed by atoms with Gasteiger partial charge in [0.15, 0.2) is 12.2 Å². The summed E-state index contributed by atoms with van der Waals surface area (Å²) < 4.78 is 11.0. The van der Waals surface area contributed by atoms with Crippen molar-refractivity contribution in [2.24, 2.45) is 0 Å². The van der Waals surface area contributed by atoms with Gasteiger partial charge in [-0.3, -0.25) is 10.2 Å². The molecule has 1 aliphatic heterocycles. The lowest BCUT2D eigenvalue weighted by atomic mass is 10.1. The quantitative estimate of drug-likeness (QED) is 0.255. The number of hydrogen-bond donors (Lipinski definition) is 2. The first-order valence-electron chi connectivity index (χ1n) is 4.03. The van der Waals surface area contributed by atoms with Crippen LogP contribution in [0.5, 0.6) is 0 Å². The van der Waals surface area contributed by atoms with Gasteiger partial charge in [0.25, 0.3) is 0 Å². The van der Waals surface area contributed by atoms with Gasteiger partial charge < -0.3 is 9.47 Å². The van der Waals surface area contributed by atoms with Crippen LogP contribution in [0, 0.1) is 0 Å². The van der Waals surface area contributed by atoms with E-state index in [2.05, 4.69) is 51.5 Å². The van der Waals surface area contributed by atoms with Gasteiger partial charge in [0.2, 0.25) is 0 Å². The summed E-state index contributed by atoms with van der Waals surface area (Å²) in [5, 5.41) is 6.32. The van der Waals surface area contributed by atoms with Crippen molar-refractivity contribution in [2.45, 2.75) is 29.2 Å². The molecule has 1 saturated heterocycles. The Morgan fingerprint density at radius 1 is 1.36 bits per heavy atom. The Balaban J connectivity index is 2.67. The molecule has 1 fully saturated rings. The topological polar surface area (TPSA) is 42.5 Å². The number of halogens is 1. The van der Waals surface area contributed by atoms with Crippen LogP contribution < -0.4 is 10.2 Å². The molecule has 1 rings (SSSR count). The first-order chi connectivity index (χ1) is 6.60. The largest absolute Gasteiger partial charge is 0.448 e. The molecular weight excluding hydrogens is 353 g/mol. The highest BCUT2D eigenvalue weighted by molar-refractivity contribution is 14.1. The van der Waals surface area contributed by atoms with E-state index in [4.69, 9.17) is 21.7 Å². The molecule has 0 aromatic rings. The van der Waals surface area contributed by atoms with Gasteiger partial charge in [0.05, 0.1) is 0 Å². The summed E-state index contributed by atoms with van der Waals surface area (Å²) in [7, 11) is 4.93. The van der Waals surface area contributed by atoms with Gasteiger partial charge in [-0.2, -0.15) is 0 Å². The lowest BCUT2D eigenvalue weighted by Crippen LogP contribution is -2.45. The van der Waals surface area contributed by atoms with Gasteiger partial charge in [-0.05, 0) is 6.92 Å². The molecule has 14 heavy (non-hydrogen) atoms. The van der Waals surface area contributed by atoms with Crippen molar-refractivity contribution in [1.82, 2.24) is 10.2 Å². The average molecular weight is 366 g/mol. The molecule has 0 aliphatic carbocycles. The Bertz CT molecular complexity index is 204. The molecule has 0 saturated carbocycles. The fourth-order valence-electron chi connectivity index (χ4n) is 1.19. The first-order valence-corrected chi connectivity index (χ1v) is 6.84. The van der Waals surface area contributed by atoms with E-state index in [1.807, 2.05) is 6.92 Å². The molecule has 6 unspecified atom stereocenters. The fourth-order valence-corrected chi connectivity index (χ4v) is 2.34. The van der Waals surface area contributed by atoms with Crippen LogP contribution in [-0.4, -0.2) is 27.5 Å². The van der Waals surface area contributed by atoms with Gasteiger partial charge >= 0.3 is 5.24 Å². The molecule has 1 heterocycles. The molecule has 0 bridgehead atoms. The van der Waals surface area contributed by atoms with Crippen LogP contribution in [0.3, 0.4) is 0 Å². The van der Waals surface area contributed by atoms with E-state index in [1.54, 1.807) is 0 Å². The fraction of sp³-hybridized carbons (Fsp3) is 0.833. The lowest BCUT2D eigenvalue weighted by Gasteiger charge is -2.24. The second kappa shape index (κ2) is 6.06. The second-order valence-corrected chi connectivity index (χ2v) is 5.28. The van der Waals surface area contributed by atoms with E-state index in [-0.39, 0.29) is 27.5 Å². The highest BCUT2D eigenvalue weighted by Crippen LogP contribution is 2.25. The molecule has 0 amide bonds. The molecule has 4 nitrogen and oxygen atoms in total.